The maximum Gasteiger partial charge on any atom is 0.120 e. The lowest BCUT2D eigenvalue weighted by Crippen LogP contribution is -2.40. The first kappa shape index (κ1) is 14.4. The van der Waals surface area contributed by atoms with E-state index in [4.69, 9.17) is 0 Å². The molecule has 106 valence electrons. The first-order valence-corrected chi connectivity index (χ1v) is 7.53. The highest BCUT2D eigenvalue weighted by molar-refractivity contribution is 5.37. The molecule has 19 heavy (non-hydrogen) atoms. The number of aryl methyl sites for hydroxylation is 1. The molecule has 1 aliphatic rings. The quantitative estimate of drug-likeness (QED) is 0.855. The van der Waals surface area contributed by atoms with Crippen LogP contribution in [0, 0.1) is 18.8 Å². The van der Waals surface area contributed by atoms with Crippen molar-refractivity contribution in [3.05, 3.63) is 29.3 Å². The zero-order valence-electron chi connectivity index (χ0n) is 12.6. The van der Waals surface area contributed by atoms with Crippen LogP contribution in [0.2, 0.25) is 0 Å². The molecular formula is C17H27NO. The van der Waals surface area contributed by atoms with Gasteiger partial charge in [-0.1, -0.05) is 26.0 Å². The molecule has 1 fully saturated rings. The van der Waals surface area contributed by atoms with Gasteiger partial charge in [0.15, 0.2) is 0 Å². The summed E-state index contributed by atoms with van der Waals surface area (Å²) in [5.41, 5.74) is 2.12. The van der Waals surface area contributed by atoms with Gasteiger partial charge in [-0.3, -0.25) is 0 Å². The average molecular weight is 261 g/mol. The minimum absolute atomic E-state index is 0.210. The highest BCUT2D eigenvalue weighted by Crippen LogP contribution is 2.31. The molecule has 0 aliphatic heterocycles. The molecule has 2 rings (SSSR count). The van der Waals surface area contributed by atoms with E-state index in [2.05, 4.69) is 32.2 Å². The van der Waals surface area contributed by atoms with E-state index >= 15 is 0 Å². The third-order valence-electron chi connectivity index (χ3n) is 4.55. The van der Waals surface area contributed by atoms with E-state index < -0.39 is 0 Å². The second-order valence-electron chi connectivity index (χ2n) is 6.45. The summed E-state index contributed by atoms with van der Waals surface area (Å²) in [4.78, 5) is 0. The summed E-state index contributed by atoms with van der Waals surface area (Å²) in [6.45, 7) is 8.85. The van der Waals surface area contributed by atoms with Gasteiger partial charge in [0.05, 0.1) is 0 Å². The minimum atomic E-state index is 0.210. The number of hydrogen-bond acceptors (Lipinski definition) is 2. The van der Waals surface area contributed by atoms with Gasteiger partial charge in [-0.05, 0) is 56.6 Å². The zero-order valence-corrected chi connectivity index (χ0v) is 12.6. The smallest absolute Gasteiger partial charge is 0.120 e. The van der Waals surface area contributed by atoms with E-state index in [9.17, 15) is 5.11 Å². The fourth-order valence-electron chi connectivity index (χ4n) is 3.34. The second-order valence-corrected chi connectivity index (χ2v) is 6.45. The van der Waals surface area contributed by atoms with E-state index in [1.54, 1.807) is 0 Å². The molecule has 4 unspecified atom stereocenters. The topological polar surface area (TPSA) is 32.3 Å². The summed E-state index contributed by atoms with van der Waals surface area (Å²) in [7, 11) is 0. The van der Waals surface area contributed by atoms with Gasteiger partial charge < -0.3 is 10.4 Å². The highest BCUT2D eigenvalue weighted by atomic mass is 16.3. The van der Waals surface area contributed by atoms with Gasteiger partial charge >= 0.3 is 0 Å². The predicted octanol–water partition coefficient (Wildman–Crippen LogP) is 4.18. The van der Waals surface area contributed by atoms with Crippen LogP contribution in [0.3, 0.4) is 0 Å². The van der Waals surface area contributed by atoms with Gasteiger partial charge in [0, 0.05) is 17.6 Å². The van der Waals surface area contributed by atoms with Gasteiger partial charge in [-0.15, -0.1) is 0 Å². The Hall–Kier alpha value is -1.02. The Labute approximate surface area is 117 Å². The Morgan fingerprint density at radius 2 is 2.00 bits per heavy atom. The second kappa shape index (κ2) is 5.96. The van der Waals surface area contributed by atoms with Gasteiger partial charge in [0.25, 0.3) is 0 Å². The number of hydrogen-bond donors (Lipinski definition) is 2. The number of aromatic hydroxyl groups is 1. The zero-order chi connectivity index (χ0) is 14.0. The van der Waals surface area contributed by atoms with Crippen LogP contribution in [0.4, 0.5) is 0 Å². The van der Waals surface area contributed by atoms with Crippen LogP contribution in [0.5, 0.6) is 5.75 Å². The minimum Gasteiger partial charge on any atom is -0.508 e. The third kappa shape index (κ3) is 3.50. The van der Waals surface area contributed by atoms with Gasteiger partial charge in [-0.25, -0.2) is 0 Å². The highest BCUT2D eigenvalue weighted by Gasteiger charge is 2.26. The molecule has 1 aliphatic carbocycles. The number of nitrogens with one attached hydrogen (secondary N) is 1. The number of rotatable bonds is 3. The largest absolute Gasteiger partial charge is 0.508 e. The van der Waals surface area contributed by atoms with Crippen molar-refractivity contribution in [2.75, 3.05) is 0 Å². The molecule has 0 amide bonds. The summed E-state index contributed by atoms with van der Waals surface area (Å²) in [5, 5.41) is 13.8. The Balaban J connectivity index is 2.02. The molecule has 0 spiro atoms. The molecule has 2 nitrogen and oxygen atoms in total. The lowest BCUT2D eigenvalue weighted by atomic mass is 9.79. The van der Waals surface area contributed by atoms with Gasteiger partial charge in [-0.2, -0.15) is 0 Å². The molecule has 2 N–H and O–H groups in total. The fourth-order valence-corrected chi connectivity index (χ4v) is 3.34. The van der Waals surface area contributed by atoms with Crippen molar-refractivity contribution in [1.29, 1.82) is 0 Å². The standard InChI is InChI=1S/C17H27NO/c1-11-6-8-16(13(3)9-11)18-14(4)15-7-5-12(2)10-17(15)19/h5,7,10-11,13-14,16,18-19H,6,8-9H2,1-4H3. The van der Waals surface area contributed by atoms with E-state index in [1.165, 1.54) is 19.3 Å². The summed E-state index contributed by atoms with van der Waals surface area (Å²) in [6, 6.07) is 6.74. The predicted molar refractivity (Wildman–Crippen MR) is 80.4 cm³/mol. The molecule has 1 saturated carbocycles. The lowest BCUT2D eigenvalue weighted by Gasteiger charge is -2.35. The van der Waals surface area contributed by atoms with Crippen LogP contribution in [-0.4, -0.2) is 11.1 Å². The lowest BCUT2D eigenvalue weighted by molar-refractivity contribution is 0.215. The summed E-state index contributed by atoms with van der Waals surface area (Å²) < 4.78 is 0. The molecular weight excluding hydrogens is 234 g/mol. The Bertz CT molecular complexity index is 429. The molecule has 0 heterocycles. The fraction of sp³-hybridized carbons (Fsp3) is 0.647. The molecule has 1 aromatic carbocycles. The van der Waals surface area contributed by atoms with E-state index in [0.717, 1.165) is 23.0 Å². The summed E-state index contributed by atoms with van der Waals surface area (Å²) in [5.74, 6) is 1.99. The summed E-state index contributed by atoms with van der Waals surface area (Å²) in [6.07, 6.45) is 3.87. The molecule has 0 bridgehead atoms. The van der Waals surface area contributed by atoms with Crippen molar-refractivity contribution >= 4 is 0 Å². The van der Waals surface area contributed by atoms with Crippen LogP contribution < -0.4 is 5.32 Å². The van der Waals surface area contributed by atoms with Crippen LogP contribution in [0.1, 0.15) is 57.2 Å². The van der Waals surface area contributed by atoms with Crippen molar-refractivity contribution in [3.63, 3.8) is 0 Å². The Kier molecular flexibility index (Phi) is 4.51. The van der Waals surface area contributed by atoms with Gasteiger partial charge in [0.2, 0.25) is 0 Å². The maximum atomic E-state index is 10.1. The molecule has 0 saturated heterocycles. The molecule has 4 atom stereocenters. The van der Waals surface area contributed by atoms with Crippen LogP contribution in [0.25, 0.3) is 0 Å². The first-order valence-electron chi connectivity index (χ1n) is 7.53. The van der Waals surface area contributed by atoms with Gasteiger partial charge in [0.1, 0.15) is 5.75 Å². The van der Waals surface area contributed by atoms with E-state index in [0.29, 0.717) is 11.8 Å². The Morgan fingerprint density at radius 1 is 1.26 bits per heavy atom. The van der Waals surface area contributed by atoms with Crippen LogP contribution >= 0.6 is 0 Å². The van der Waals surface area contributed by atoms with Crippen molar-refractivity contribution < 1.29 is 5.11 Å². The molecule has 2 heteroatoms. The monoisotopic (exact) mass is 261 g/mol. The van der Waals surface area contributed by atoms with Crippen molar-refractivity contribution in [2.24, 2.45) is 11.8 Å². The van der Waals surface area contributed by atoms with Crippen molar-refractivity contribution in [1.82, 2.24) is 5.32 Å². The van der Waals surface area contributed by atoms with Crippen LogP contribution in [0.15, 0.2) is 18.2 Å². The third-order valence-corrected chi connectivity index (χ3v) is 4.55. The van der Waals surface area contributed by atoms with Crippen molar-refractivity contribution in [2.45, 2.75) is 59.0 Å². The maximum absolute atomic E-state index is 10.1. The van der Waals surface area contributed by atoms with Crippen LogP contribution in [-0.2, 0) is 0 Å². The van der Waals surface area contributed by atoms with E-state index in [1.807, 2.05) is 19.1 Å². The molecule has 0 aromatic heterocycles. The Morgan fingerprint density at radius 3 is 2.63 bits per heavy atom. The first-order chi connectivity index (χ1) is 8.97. The molecule has 1 aromatic rings. The SMILES string of the molecule is Cc1ccc(C(C)NC2CCC(C)CC2C)c(O)c1. The number of benzene rings is 1. The number of phenols is 1. The van der Waals surface area contributed by atoms with E-state index in [-0.39, 0.29) is 6.04 Å². The normalized spacial score (nSPS) is 29.2. The van der Waals surface area contributed by atoms with Crippen molar-refractivity contribution in [3.8, 4) is 5.75 Å². The molecule has 0 radical (unpaired) electrons. The summed E-state index contributed by atoms with van der Waals surface area (Å²) >= 11 is 0. The average Bonchev–Trinajstić information content (AvgIpc) is 2.32. The number of phenolic OH excluding ortho intramolecular Hbond substituents is 1.